The van der Waals surface area contributed by atoms with Gasteiger partial charge in [-0.25, -0.2) is 4.79 Å². The molecule has 0 aliphatic rings. The Morgan fingerprint density at radius 1 is 0.423 bits per heavy atom. The van der Waals surface area contributed by atoms with Gasteiger partial charge in [-0.1, -0.05) is 101 Å². The number of carbonyl (C=O) groups is 14. The second-order valence-electron chi connectivity index (χ2n) is 30.6. The Hall–Kier alpha value is -8.20. The van der Waals surface area contributed by atoms with Gasteiger partial charge in [-0.15, -0.1) is 0 Å². The highest BCUT2D eigenvalue weighted by Gasteiger charge is 2.40. The highest BCUT2D eigenvalue weighted by molar-refractivity contribution is 7.98. The molecule has 628 valence electrons. The minimum absolute atomic E-state index is 0.0203. The summed E-state index contributed by atoms with van der Waals surface area (Å²) in [6.07, 6.45) is 1.20. The zero-order valence-corrected chi connectivity index (χ0v) is 68.4. The fourth-order valence-electron chi connectivity index (χ4n) is 11.8. The van der Waals surface area contributed by atoms with Crippen LogP contribution < -0.4 is 80.6 Å². The number of unbranched alkanes of at least 4 members (excludes halogenated alkanes) is 1. The summed E-state index contributed by atoms with van der Waals surface area (Å²) in [4.78, 5) is 198. The molecule has 0 saturated carbocycles. The van der Waals surface area contributed by atoms with E-state index in [4.69, 9.17) is 11.5 Å². The van der Waals surface area contributed by atoms with E-state index >= 15 is 0 Å². The maximum Gasteiger partial charge on any atom is 0.328 e. The Bertz CT molecular complexity index is 3380. The van der Waals surface area contributed by atoms with Crippen molar-refractivity contribution in [1.29, 1.82) is 0 Å². The number of fused-ring (bicyclic) bond motifs is 1. The van der Waals surface area contributed by atoms with Gasteiger partial charge in [-0.05, 0) is 137 Å². The lowest BCUT2D eigenvalue weighted by atomic mass is 9.97. The van der Waals surface area contributed by atoms with Crippen LogP contribution in [0.15, 0.2) is 30.5 Å². The van der Waals surface area contributed by atoms with E-state index in [1.807, 2.05) is 24.5 Å². The number of hydrogen-bond acceptors (Lipinski definition) is 22. The Labute approximate surface area is 660 Å². The Morgan fingerprint density at radius 2 is 0.757 bits per heavy atom. The van der Waals surface area contributed by atoms with Crippen molar-refractivity contribution in [1.82, 2.24) is 74.1 Å². The quantitative estimate of drug-likeness (QED) is 0.0248. The fourth-order valence-corrected chi connectivity index (χ4v) is 12.5. The number of aromatic nitrogens is 1. The van der Waals surface area contributed by atoms with E-state index in [0.717, 1.165) is 10.9 Å². The molecule has 0 spiro atoms. The van der Waals surface area contributed by atoms with E-state index in [9.17, 15) is 92.7 Å². The van der Waals surface area contributed by atoms with Crippen molar-refractivity contribution in [2.75, 3.05) is 37.5 Å². The number of nitrogens with two attached hydrogens (primary N) is 2. The van der Waals surface area contributed by atoms with Crippen LogP contribution in [0.4, 0.5) is 0 Å². The molecule has 1 aromatic heterocycles. The number of aromatic amines is 1. The number of para-hydroxylation sites is 1. The van der Waals surface area contributed by atoms with Crippen molar-refractivity contribution < 1.29 is 92.7 Å². The second-order valence-corrected chi connectivity index (χ2v) is 31.9. The molecule has 0 unspecified atom stereocenters. The molecule has 0 radical (unpaired) electrons. The zero-order chi connectivity index (χ0) is 84.3. The number of aliphatic hydroxyl groups excluding tert-OH is 4. The second kappa shape index (κ2) is 50.0. The number of amides is 13. The molecular weight excluding hydrogens is 1480 g/mol. The van der Waals surface area contributed by atoms with Crippen LogP contribution in [0.1, 0.15) is 160 Å². The molecule has 111 heavy (non-hydrogen) atoms. The Morgan fingerprint density at radius 3 is 1.14 bits per heavy atom. The van der Waals surface area contributed by atoms with Crippen molar-refractivity contribution >= 4 is 118 Å². The first-order valence-corrected chi connectivity index (χ1v) is 39.9. The molecule has 0 fully saturated rings. The standard InChI is InChI=1S/C74H126N16O19S2/c1-36(2)26-49(65(99)87-57(35-110)71(105)82-53(30-40(9)10)67(101)90-60(43(14)94)74(108)109)80-64(98)51(28-38(5)6)83-72(106)58(41(11)12)88-66(100)52(29-39(7)8)81-69(103)55(33-91)86-70(104)56(34-92)85-62(96)48(22-18-19-24-75)78-63(97)50(27-37(3)4)84-73(107)59(42(13)93)89-68(102)54(79-61(95)46(76)23-25-111-15)31-44-32-77-47-21-17-16-20-45(44)47/h16-17,20-21,32,36-43,46,48-60,77,91-94,110H,18-19,22-31,33-35,75-76H2,1-15H3,(H,78,97)(H,79,95)(H,80,98)(H,81,103)(H,82,105)(H,83,106)(H,84,107)(H,85,96)(H,86,104)(H,87,99)(H,88,100)(H,89,102)(H,90,101)(H,108,109)/t42-,43-,46+,48+,49+,50+,51+,52+,53+,54+,55+,56+,57+,58+,59+,60+/m1/s1. The number of thiol groups is 1. The van der Waals surface area contributed by atoms with Gasteiger partial charge in [0.2, 0.25) is 76.8 Å². The van der Waals surface area contributed by atoms with Gasteiger partial charge in [0.05, 0.1) is 31.5 Å². The first-order valence-electron chi connectivity index (χ1n) is 37.9. The van der Waals surface area contributed by atoms with E-state index in [0.29, 0.717) is 24.2 Å². The summed E-state index contributed by atoms with van der Waals surface area (Å²) in [6.45, 7) is 21.1. The number of rotatable bonds is 52. The summed E-state index contributed by atoms with van der Waals surface area (Å²) in [7, 11) is 0. The minimum atomic E-state index is -1.84. The molecule has 0 aliphatic carbocycles. The molecule has 0 saturated heterocycles. The number of benzene rings is 1. The van der Waals surface area contributed by atoms with Crippen LogP contribution in [0.2, 0.25) is 0 Å². The lowest BCUT2D eigenvalue weighted by Crippen LogP contribution is -2.62. The monoisotopic (exact) mass is 1610 g/mol. The summed E-state index contributed by atoms with van der Waals surface area (Å²) in [5.74, 6) is -15.1. The molecule has 2 aromatic rings. The van der Waals surface area contributed by atoms with Crippen LogP contribution in [0.25, 0.3) is 10.9 Å². The molecule has 16 atom stereocenters. The largest absolute Gasteiger partial charge is 0.480 e. The molecule has 13 amide bonds. The van der Waals surface area contributed by atoms with Gasteiger partial charge in [0, 0.05) is 29.3 Å². The summed E-state index contributed by atoms with van der Waals surface area (Å²) in [5, 5.41) is 85.4. The van der Waals surface area contributed by atoms with Gasteiger partial charge in [-0.3, -0.25) is 62.3 Å². The summed E-state index contributed by atoms with van der Waals surface area (Å²) < 4.78 is 0. The number of carboxylic acids is 1. The van der Waals surface area contributed by atoms with E-state index in [1.54, 1.807) is 95.3 Å². The van der Waals surface area contributed by atoms with E-state index < -0.39 is 199 Å². The Kier molecular flexibility index (Phi) is 44.6. The topological polar surface area (TPSA) is 564 Å². The van der Waals surface area contributed by atoms with Crippen LogP contribution in [0.3, 0.4) is 0 Å². The molecule has 1 heterocycles. The number of aliphatic carboxylic acids is 1. The molecule has 23 N–H and O–H groups in total. The van der Waals surface area contributed by atoms with Crippen LogP contribution in [0, 0.1) is 35.5 Å². The van der Waals surface area contributed by atoms with Crippen molar-refractivity contribution in [2.24, 2.45) is 47.0 Å². The highest BCUT2D eigenvalue weighted by Crippen LogP contribution is 2.21. The van der Waals surface area contributed by atoms with E-state index in [-0.39, 0.29) is 93.3 Å². The predicted molar refractivity (Wildman–Crippen MR) is 422 cm³/mol. The van der Waals surface area contributed by atoms with Gasteiger partial charge in [0.15, 0.2) is 6.04 Å². The minimum Gasteiger partial charge on any atom is -0.480 e. The SMILES string of the molecule is CSCC[C@H](N)C(=O)N[C@@H](Cc1c[nH]c2ccccc12)C(=O)N[C@H](C(=O)N[C@@H](CC(C)C)C(=O)N[C@@H](CCCCN)C(=O)N[C@@H](CO)C(=O)N[C@@H](CO)C(=O)N[C@@H](CC(C)C)C(=O)N[C@H](C(=O)N[C@@H](CC(C)C)C(=O)N[C@@H](CC(C)C)C(=O)N[C@@H](CS)C(=O)N[C@@H](CC(C)C)C(=O)N[C@H](C(=O)O)[C@@H](C)O)C(C)C)[C@@H](C)O. The number of carboxylic acid groups (broad SMARTS) is 1. The van der Waals surface area contributed by atoms with Crippen LogP contribution in [0.5, 0.6) is 0 Å². The van der Waals surface area contributed by atoms with Crippen LogP contribution >= 0.6 is 24.4 Å². The molecule has 37 heteroatoms. The normalized spacial score (nSPS) is 16.0. The molecule has 0 aliphatic heterocycles. The smallest absolute Gasteiger partial charge is 0.328 e. The number of nitrogens with one attached hydrogen (secondary N) is 14. The molecular formula is C74H126N16O19S2. The maximum absolute atomic E-state index is 14.4. The van der Waals surface area contributed by atoms with Crippen molar-refractivity contribution in [3.63, 3.8) is 0 Å². The lowest BCUT2D eigenvalue weighted by Gasteiger charge is -2.30. The van der Waals surface area contributed by atoms with Crippen molar-refractivity contribution in [3.05, 3.63) is 36.0 Å². The van der Waals surface area contributed by atoms with Gasteiger partial charge >= 0.3 is 5.97 Å². The van der Waals surface area contributed by atoms with Crippen LogP contribution in [-0.4, -0.2) is 248 Å². The van der Waals surface area contributed by atoms with Crippen molar-refractivity contribution in [2.45, 2.75) is 258 Å². The number of carbonyl (C=O) groups excluding carboxylic acids is 13. The summed E-state index contributed by atoms with van der Waals surface area (Å²) in [5.41, 5.74) is 13.4. The molecule has 2 rings (SSSR count). The fraction of sp³-hybridized carbons (Fsp3) is 0.703. The molecule has 1 aromatic carbocycles. The maximum atomic E-state index is 14.4. The number of thioether (sulfide) groups is 1. The first-order chi connectivity index (χ1) is 52.0. The van der Waals surface area contributed by atoms with Gasteiger partial charge in [-0.2, -0.15) is 24.4 Å². The summed E-state index contributed by atoms with van der Waals surface area (Å²) >= 11 is 5.74. The van der Waals surface area contributed by atoms with Gasteiger partial charge < -0.3 is 111 Å². The van der Waals surface area contributed by atoms with Gasteiger partial charge in [0.1, 0.15) is 72.5 Å². The van der Waals surface area contributed by atoms with Crippen molar-refractivity contribution in [3.8, 4) is 0 Å². The van der Waals surface area contributed by atoms with Crippen LogP contribution in [-0.2, 0) is 73.5 Å². The third-order valence-corrected chi connectivity index (χ3v) is 18.8. The molecule has 0 bridgehead atoms. The number of H-pyrrole nitrogens is 1. The third-order valence-electron chi connectivity index (χ3n) is 17.8. The Balaban J connectivity index is 2.36. The zero-order valence-electron chi connectivity index (χ0n) is 66.7. The van der Waals surface area contributed by atoms with Gasteiger partial charge in [0.25, 0.3) is 0 Å². The third kappa shape index (κ3) is 34.8. The number of aliphatic hydroxyl groups is 4. The predicted octanol–water partition coefficient (Wildman–Crippen LogP) is -2.13. The number of hydrogen-bond donors (Lipinski definition) is 22. The average Bonchev–Trinajstić information content (AvgIpc) is 1.72. The average molecular weight is 1610 g/mol. The molecule has 35 nitrogen and oxygen atoms in total. The van der Waals surface area contributed by atoms with E-state index in [2.05, 4.69) is 86.7 Å². The lowest BCUT2D eigenvalue weighted by molar-refractivity contribution is -0.145. The van der Waals surface area contributed by atoms with E-state index in [1.165, 1.54) is 25.6 Å². The highest BCUT2D eigenvalue weighted by atomic mass is 32.2. The first kappa shape index (κ1) is 98.9. The summed E-state index contributed by atoms with van der Waals surface area (Å²) in [6, 6.07) is -13.1.